The van der Waals surface area contributed by atoms with E-state index in [1.54, 1.807) is 18.2 Å². The highest BCUT2D eigenvalue weighted by atomic mass is 32.2. The molecule has 1 amide bonds. The molecule has 1 heterocycles. The number of carbonyl (C=O) groups excluding carboxylic acids is 1. The molecule has 0 unspecified atom stereocenters. The molecular weight excluding hydrogens is 256 g/mol. The van der Waals surface area contributed by atoms with Crippen LogP contribution in [0.5, 0.6) is 5.88 Å². The number of methoxy groups -OCH3 is 1. The molecule has 0 bridgehead atoms. The lowest BCUT2D eigenvalue weighted by molar-refractivity contribution is -0.140. The van der Waals surface area contributed by atoms with Gasteiger partial charge in [-0.05, 0) is 6.07 Å². The van der Waals surface area contributed by atoms with Gasteiger partial charge in [-0.2, -0.15) is 0 Å². The number of nitrogens with one attached hydrogen (secondary N) is 1. The van der Waals surface area contributed by atoms with Crippen LogP contribution in [0.2, 0.25) is 0 Å². The molecule has 0 saturated heterocycles. The number of aliphatic carboxylic acids is 1. The van der Waals surface area contributed by atoms with Crippen LogP contribution in [-0.2, 0) is 9.59 Å². The van der Waals surface area contributed by atoms with E-state index < -0.39 is 12.0 Å². The standard InChI is InChI=1S/C11H14N2O4S/c1-7(14)12-8(11(15)16)6-18-10-5-3-4-9(13-10)17-2/h3-5,8H,6H2,1-2H3,(H,12,14)(H,15,16)/t8-/m0/s1. The first-order valence-electron chi connectivity index (χ1n) is 5.16. The summed E-state index contributed by atoms with van der Waals surface area (Å²) in [5.74, 6) is -0.775. The van der Waals surface area contributed by atoms with Crippen LogP contribution in [-0.4, -0.2) is 40.9 Å². The van der Waals surface area contributed by atoms with Crippen molar-refractivity contribution >= 4 is 23.6 Å². The number of hydrogen-bond acceptors (Lipinski definition) is 5. The summed E-state index contributed by atoms with van der Waals surface area (Å²) in [4.78, 5) is 25.9. The number of carbonyl (C=O) groups is 2. The average molecular weight is 270 g/mol. The van der Waals surface area contributed by atoms with Crippen molar-refractivity contribution in [1.82, 2.24) is 10.3 Å². The van der Waals surface area contributed by atoms with Crippen molar-refractivity contribution in [2.24, 2.45) is 0 Å². The lowest BCUT2D eigenvalue weighted by Gasteiger charge is -2.12. The smallest absolute Gasteiger partial charge is 0.327 e. The normalized spacial score (nSPS) is 11.7. The molecule has 0 aliphatic carbocycles. The number of ether oxygens (including phenoxy) is 1. The third-order valence-corrected chi connectivity index (χ3v) is 3.00. The van der Waals surface area contributed by atoms with E-state index in [0.717, 1.165) is 0 Å². The van der Waals surface area contributed by atoms with Crippen molar-refractivity contribution in [3.63, 3.8) is 0 Å². The maximum Gasteiger partial charge on any atom is 0.327 e. The Kier molecular flexibility index (Phi) is 5.44. The molecule has 0 radical (unpaired) electrons. The van der Waals surface area contributed by atoms with E-state index >= 15 is 0 Å². The minimum atomic E-state index is -1.07. The van der Waals surface area contributed by atoms with Crippen LogP contribution in [0.1, 0.15) is 6.92 Å². The van der Waals surface area contributed by atoms with E-state index in [4.69, 9.17) is 9.84 Å². The van der Waals surface area contributed by atoms with Crippen LogP contribution in [0.3, 0.4) is 0 Å². The molecule has 0 aliphatic heterocycles. The van der Waals surface area contributed by atoms with Gasteiger partial charge in [-0.1, -0.05) is 6.07 Å². The van der Waals surface area contributed by atoms with Crippen LogP contribution in [0.25, 0.3) is 0 Å². The fourth-order valence-corrected chi connectivity index (χ4v) is 2.07. The molecule has 1 atom stereocenters. The summed E-state index contributed by atoms with van der Waals surface area (Å²) in [6.45, 7) is 1.28. The van der Waals surface area contributed by atoms with Gasteiger partial charge in [0, 0.05) is 18.7 Å². The molecule has 98 valence electrons. The number of pyridine rings is 1. The number of carboxylic acid groups (broad SMARTS) is 1. The predicted molar refractivity (Wildman–Crippen MR) is 66.8 cm³/mol. The van der Waals surface area contributed by atoms with Gasteiger partial charge in [0.2, 0.25) is 11.8 Å². The summed E-state index contributed by atoms with van der Waals surface area (Å²) in [6, 6.07) is 4.29. The highest BCUT2D eigenvalue weighted by molar-refractivity contribution is 7.99. The fourth-order valence-electron chi connectivity index (χ4n) is 1.18. The molecule has 1 rings (SSSR count). The predicted octanol–water partition coefficient (Wildman–Crippen LogP) is 0.772. The first-order chi connectivity index (χ1) is 8.52. The molecular formula is C11H14N2O4S. The summed E-state index contributed by atoms with van der Waals surface area (Å²) >= 11 is 1.24. The third-order valence-electron chi connectivity index (χ3n) is 1.98. The largest absolute Gasteiger partial charge is 0.481 e. The van der Waals surface area contributed by atoms with Crippen molar-refractivity contribution in [3.8, 4) is 5.88 Å². The second-order valence-electron chi connectivity index (χ2n) is 3.42. The fraction of sp³-hybridized carbons (Fsp3) is 0.364. The molecule has 0 aliphatic rings. The van der Waals surface area contributed by atoms with Crippen molar-refractivity contribution in [3.05, 3.63) is 18.2 Å². The molecule has 2 N–H and O–H groups in total. The molecule has 0 spiro atoms. The Morgan fingerprint density at radius 1 is 1.56 bits per heavy atom. The SMILES string of the molecule is COc1cccc(SC[C@H](NC(C)=O)C(=O)O)n1. The third kappa shape index (κ3) is 4.62. The minimum absolute atomic E-state index is 0.203. The van der Waals surface area contributed by atoms with Crippen LogP contribution in [0.4, 0.5) is 0 Å². The second-order valence-corrected chi connectivity index (χ2v) is 4.46. The summed E-state index contributed by atoms with van der Waals surface area (Å²) in [6.07, 6.45) is 0. The Bertz CT molecular complexity index is 439. The number of hydrogen-bond donors (Lipinski definition) is 2. The van der Waals surface area contributed by atoms with Gasteiger partial charge in [0.25, 0.3) is 0 Å². The van der Waals surface area contributed by atoms with Gasteiger partial charge in [0.1, 0.15) is 11.1 Å². The Labute approximate surface area is 109 Å². The van der Waals surface area contributed by atoms with E-state index in [1.165, 1.54) is 25.8 Å². The van der Waals surface area contributed by atoms with Crippen molar-refractivity contribution < 1.29 is 19.4 Å². The van der Waals surface area contributed by atoms with Crippen molar-refractivity contribution in [1.29, 1.82) is 0 Å². The lowest BCUT2D eigenvalue weighted by atomic mass is 10.3. The zero-order valence-electron chi connectivity index (χ0n) is 10.0. The first kappa shape index (κ1) is 14.3. The maximum atomic E-state index is 10.9. The lowest BCUT2D eigenvalue weighted by Crippen LogP contribution is -2.41. The Morgan fingerprint density at radius 2 is 2.28 bits per heavy atom. The average Bonchev–Trinajstić information content (AvgIpc) is 2.34. The molecule has 6 nitrogen and oxygen atoms in total. The Balaban J connectivity index is 2.60. The minimum Gasteiger partial charge on any atom is -0.481 e. The number of rotatable bonds is 6. The molecule has 0 fully saturated rings. The van der Waals surface area contributed by atoms with Gasteiger partial charge in [-0.25, -0.2) is 9.78 Å². The van der Waals surface area contributed by atoms with Gasteiger partial charge in [0.15, 0.2) is 0 Å². The van der Waals surface area contributed by atoms with Gasteiger partial charge < -0.3 is 15.2 Å². The highest BCUT2D eigenvalue weighted by Gasteiger charge is 2.18. The van der Waals surface area contributed by atoms with Crippen molar-refractivity contribution in [2.45, 2.75) is 18.0 Å². The Hall–Kier alpha value is -1.76. The van der Waals surface area contributed by atoms with Gasteiger partial charge in [-0.3, -0.25) is 4.79 Å². The summed E-state index contributed by atoms with van der Waals surface area (Å²) in [5.41, 5.74) is 0. The molecule has 18 heavy (non-hydrogen) atoms. The molecule has 7 heteroatoms. The van der Waals surface area contributed by atoms with E-state index in [2.05, 4.69) is 10.3 Å². The summed E-state index contributed by atoms with van der Waals surface area (Å²) in [7, 11) is 1.51. The zero-order chi connectivity index (χ0) is 13.5. The number of aromatic nitrogens is 1. The zero-order valence-corrected chi connectivity index (χ0v) is 10.9. The number of nitrogens with zero attached hydrogens (tertiary/aromatic N) is 1. The van der Waals surface area contributed by atoms with E-state index in [0.29, 0.717) is 10.9 Å². The molecule has 1 aromatic heterocycles. The van der Waals surface area contributed by atoms with Crippen LogP contribution in [0, 0.1) is 0 Å². The van der Waals surface area contributed by atoms with Crippen LogP contribution in [0.15, 0.2) is 23.2 Å². The monoisotopic (exact) mass is 270 g/mol. The highest BCUT2D eigenvalue weighted by Crippen LogP contribution is 2.19. The topological polar surface area (TPSA) is 88.5 Å². The molecule has 1 aromatic rings. The van der Waals surface area contributed by atoms with Crippen LogP contribution >= 0.6 is 11.8 Å². The van der Waals surface area contributed by atoms with Crippen molar-refractivity contribution in [2.75, 3.05) is 12.9 Å². The number of amides is 1. The van der Waals surface area contributed by atoms with Gasteiger partial charge in [-0.15, -0.1) is 11.8 Å². The summed E-state index contributed by atoms with van der Waals surface area (Å²) in [5, 5.41) is 11.9. The second kappa shape index (κ2) is 6.85. The molecule has 0 aromatic carbocycles. The number of thioether (sulfide) groups is 1. The van der Waals surface area contributed by atoms with Crippen LogP contribution < -0.4 is 10.1 Å². The van der Waals surface area contributed by atoms with E-state index in [-0.39, 0.29) is 11.7 Å². The van der Waals surface area contributed by atoms with E-state index in [9.17, 15) is 9.59 Å². The van der Waals surface area contributed by atoms with E-state index in [1.807, 2.05) is 0 Å². The first-order valence-corrected chi connectivity index (χ1v) is 6.15. The number of carboxylic acids is 1. The molecule has 0 saturated carbocycles. The van der Waals surface area contributed by atoms with Gasteiger partial charge in [0.05, 0.1) is 7.11 Å². The summed E-state index contributed by atoms with van der Waals surface area (Å²) < 4.78 is 4.96. The van der Waals surface area contributed by atoms with Gasteiger partial charge >= 0.3 is 5.97 Å². The Morgan fingerprint density at radius 3 is 2.83 bits per heavy atom. The quantitative estimate of drug-likeness (QED) is 0.742. The maximum absolute atomic E-state index is 10.9.